The van der Waals surface area contributed by atoms with Crippen LogP contribution in [0.2, 0.25) is 0 Å². The largest absolute Gasteiger partial charge is 0.392 e. The van der Waals surface area contributed by atoms with Crippen molar-refractivity contribution in [2.24, 2.45) is 5.92 Å². The highest BCUT2D eigenvalue weighted by Crippen LogP contribution is 2.08. The summed E-state index contributed by atoms with van der Waals surface area (Å²) in [6.07, 6.45) is 10.2. The van der Waals surface area contributed by atoms with E-state index in [4.69, 9.17) is 0 Å². The summed E-state index contributed by atoms with van der Waals surface area (Å²) in [5.74, 6) is 6.82. The number of aliphatic hydroxyl groups is 1. The minimum Gasteiger partial charge on any atom is -0.392 e. The van der Waals surface area contributed by atoms with Crippen LogP contribution in [-0.2, 0) is 0 Å². The van der Waals surface area contributed by atoms with Crippen LogP contribution in [0, 0.1) is 17.8 Å². The summed E-state index contributed by atoms with van der Waals surface area (Å²) in [7, 11) is 0. The Hall–Kier alpha value is -0.480. The van der Waals surface area contributed by atoms with Gasteiger partial charge in [0.1, 0.15) is 0 Å². The monoisotopic (exact) mass is 238 g/mol. The number of hydrogen-bond acceptors (Lipinski definition) is 1. The van der Waals surface area contributed by atoms with E-state index in [0.29, 0.717) is 12.3 Å². The third-order valence-electron chi connectivity index (χ3n) is 2.86. The van der Waals surface area contributed by atoms with E-state index in [1.165, 1.54) is 38.5 Å². The molecule has 0 radical (unpaired) electrons. The molecule has 0 rings (SSSR count). The molecule has 0 unspecified atom stereocenters. The van der Waals surface area contributed by atoms with Crippen molar-refractivity contribution in [2.45, 2.75) is 84.7 Å². The zero-order chi connectivity index (χ0) is 12.9. The molecule has 1 atom stereocenters. The van der Waals surface area contributed by atoms with Crippen LogP contribution in [0.1, 0.15) is 78.6 Å². The van der Waals surface area contributed by atoms with Crippen LogP contribution in [-0.4, -0.2) is 11.2 Å². The third kappa shape index (κ3) is 13.5. The Kier molecular flexibility index (Phi) is 11.7. The topological polar surface area (TPSA) is 20.2 Å². The summed E-state index contributed by atoms with van der Waals surface area (Å²) in [6, 6.07) is 0. The molecule has 0 saturated heterocycles. The Balaban J connectivity index is 3.31. The Bertz CT molecular complexity index is 209. The molecule has 0 heterocycles. The van der Waals surface area contributed by atoms with Crippen LogP contribution >= 0.6 is 0 Å². The van der Waals surface area contributed by atoms with Crippen molar-refractivity contribution in [1.82, 2.24) is 0 Å². The van der Waals surface area contributed by atoms with Crippen molar-refractivity contribution in [3.05, 3.63) is 0 Å². The number of rotatable bonds is 9. The third-order valence-corrected chi connectivity index (χ3v) is 2.86. The van der Waals surface area contributed by atoms with Crippen molar-refractivity contribution in [1.29, 1.82) is 0 Å². The van der Waals surface area contributed by atoms with Crippen LogP contribution < -0.4 is 0 Å². The van der Waals surface area contributed by atoms with Gasteiger partial charge in [0.05, 0.1) is 6.10 Å². The summed E-state index contributed by atoms with van der Waals surface area (Å²) in [6.45, 7) is 6.51. The highest BCUT2D eigenvalue weighted by molar-refractivity contribution is 5.00. The smallest absolute Gasteiger partial charge is 0.0651 e. The molecule has 0 fully saturated rings. The van der Waals surface area contributed by atoms with Gasteiger partial charge in [-0.1, -0.05) is 52.9 Å². The first-order valence-electron chi connectivity index (χ1n) is 7.30. The second-order valence-corrected chi connectivity index (χ2v) is 5.36. The molecule has 0 aromatic heterocycles. The minimum absolute atomic E-state index is 0.230. The number of unbranched alkanes of at least 4 members (excludes halogenated alkanes) is 6. The van der Waals surface area contributed by atoms with Crippen molar-refractivity contribution in [3.8, 4) is 11.8 Å². The van der Waals surface area contributed by atoms with E-state index in [-0.39, 0.29) is 6.10 Å². The average molecular weight is 238 g/mol. The number of hydrogen-bond donors (Lipinski definition) is 1. The molecule has 0 bridgehead atoms. The molecule has 0 aromatic carbocycles. The van der Waals surface area contributed by atoms with Gasteiger partial charge in [-0.3, -0.25) is 0 Å². The first-order chi connectivity index (χ1) is 8.16. The molecular weight excluding hydrogens is 208 g/mol. The lowest BCUT2D eigenvalue weighted by Crippen LogP contribution is -2.08. The second-order valence-electron chi connectivity index (χ2n) is 5.36. The molecule has 1 nitrogen and oxygen atoms in total. The lowest BCUT2D eigenvalue weighted by Gasteiger charge is -2.08. The van der Waals surface area contributed by atoms with Crippen LogP contribution in [0.25, 0.3) is 0 Å². The fourth-order valence-corrected chi connectivity index (χ4v) is 1.90. The molecule has 0 aromatic rings. The lowest BCUT2D eigenvalue weighted by molar-refractivity contribution is 0.154. The van der Waals surface area contributed by atoms with Crippen LogP contribution in [0.3, 0.4) is 0 Å². The van der Waals surface area contributed by atoms with Crippen molar-refractivity contribution < 1.29 is 5.11 Å². The molecule has 0 aliphatic carbocycles. The quantitative estimate of drug-likeness (QED) is 0.462. The fraction of sp³-hybridized carbons (Fsp3) is 0.875. The van der Waals surface area contributed by atoms with Crippen molar-refractivity contribution in [2.75, 3.05) is 0 Å². The van der Waals surface area contributed by atoms with E-state index in [1.54, 1.807) is 0 Å². The first-order valence-corrected chi connectivity index (χ1v) is 7.30. The van der Waals surface area contributed by atoms with Crippen LogP contribution in [0.15, 0.2) is 0 Å². The van der Waals surface area contributed by atoms with Crippen LogP contribution in [0.5, 0.6) is 0 Å². The lowest BCUT2D eigenvalue weighted by atomic mass is 10.0. The van der Waals surface area contributed by atoms with E-state index in [0.717, 1.165) is 12.8 Å². The Morgan fingerprint density at radius 1 is 0.941 bits per heavy atom. The first kappa shape index (κ1) is 16.5. The van der Waals surface area contributed by atoms with E-state index < -0.39 is 0 Å². The molecule has 1 heteroatoms. The molecule has 0 saturated carbocycles. The van der Waals surface area contributed by atoms with E-state index in [9.17, 15) is 5.11 Å². The molecule has 0 amide bonds. The summed E-state index contributed by atoms with van der Waals surface area (Å²) in [4.78, 5) is 0. The minimum atomic E-state index is -0.230. The SMILES string of the molecule is CCCCCCCCC#CC[C@@H](O)CC(C)C. The molecule has 0 spiro atoms. The Morgan fingerprint density at radius 2 is 1.59 bits per heavy atom. The van der Waals surface area contributed by atoms with E-state index >= 15 is 0 Å². The van der Waals surface area contributed by atoms with Gasteiger partial charge in [0.25, 0.3) is 0 Å². The van der Waals surface area contributed by atoms with Gasteiger partial charge in [0.15, 0.2) is 0 Å². The second kappa shape index (κ2) is 12.0. The highest BCUT2D eigenvalue weighted by atomic mass is 16.3. The summed E-state index contributed by atoms with van der Waals surface area (Å²) in [5.41, 5.74) is 0. The van der Waals surface area contributed by atoms with Crippen molar-refractivity contribution in [3.63, 3.8) is 0 Å². The normalized spacial score (nSPS) is 12.3. The summed E-state index contributed by atoms with van der Waals surface area (Å²) in [5, 5.41) is 9.62. The van der Waals surface area contributed by atoms with Gasteiger partial charge in [-0.2, -0.15) is 0 Å². The number of aliphatic hydroxyl groups excluding tert-OH is 1. The molecule has 0 aliphatic heterocycles. The van der Waals surface area contributed by atoms with Gasteiger partial charge in [-0.05, 0) is 18.8 Å². The zero-order valence-electron chi connectivity index (χ0n) is 12.0. The van der Waals surface area contributed by atoms with E-state index in [2.05, 4.69) is 32.6 Å². The fourth-order valence-electron chi connectivity index (χ4n) is 1.90. The average Bonchev–Trinajstić information content (AvgIpc) is 2.26. The summed E-state index contributed by atoms with van der Waals surface area (Å²) < 4.78 is 0. The van der Waals surface area contributed by atoms with Gasteiger partial charge in [-0.25, -0.2) is 0 Å². The van der Waals surface area contributed by atoms with Crippen molar-refractivity contribution >= 4 is 0 Å². The maximum absolute atomic E-state index is 9.62. The summed E-state index contributed by atoms with van der Waals surface area (Å²) >= 11 is 0. The standard InChI is InChI=1S/C16H30O/c1-4-5-6-7-8-9-10-11-12-13-16(17)14-15(2)3/h15-17H,4-10,13-14H2,1-3H3/t16-/m1/s1. The van der Waals surface area contributed by atoms with Gasteiger partial charge in [-0.15, -0.1) is 11.8 Å². The van der Waals surface area contributed by atoms with E-state index in [1.807, 2.05) is 0 Å². The van der Waals surface area contributed by atoms with Crippen LogP contribution in [0.4, 0.5) is 0 Å². The van der Waals surface area contributed by atoms with Gasteiger partial charge in [0, 0.05) is 12.8 Å². The predicted octanol–water partition coefficient (Wildman–Crippen LogP) is 4.54. The van der Waals surface area contributed by atoms with Gasteiger partial charge in [0.2, 0.25) is 0 Å². The molecule has 0 aliphatic rings. The maximum Gasteiger partial charge on any atom is 0.0651 e. The van der Waals surface area contributed by atoms with Gasteiger partial charge < -0.3 is 5.11 Å². The maximum atomic E-state index is 9.62. The Labute approximate surface area is 108 Å². The Morgan fingerprint density at radius 3 is 2.24 bits per heavy atom. The molecule has 17 heavy (non-hydrogen) atoms. The zero-order valence-corrected chi connectivity index (χ0v) is 12.0. The predicted molar refractivity (Wildman–Crippen MR) is 75.8 cm³/mol. The highest BCUT2D eigenvalue weighted by Gasteiger charge is 2.03. The molecule has 100 valence electrons. The van der Waals surface area contributed by atoms with Gasteiger partial charge >= 0.3 is 0 Å². The molecular formula is C16H30O. The molecule has 1 N–H and O–H groups in total.